The van der Waals surface area contributed by atoms with Gasteiger partial charge in [-0.05, 0) is 65.9 Å². The summed E-state index contributed by atoms with van der Waals surface area (Å²) in [6, 6.07) is 5.53. The van der Waals surface area contributed by atoms with Crippen LogP contribution in [0.4, 0.5) is 4.79 Å². The van der Waals surface area contributed by atoms with Gasteiger partial charge in [-0.1, -0.05) is 26.0 Å². The van der Waals surface area contributed by atoms with Gasteiger partial charge in [0, 0.05) is 18.5 Å². The van der Waals surface area contributed by atoms with Crippen molar-refractivity contribution in [2.45, 2.75) is 92.1 Å². The molecule has 1 aliphatic heterocycles. The molecule has 1 amide bonds. The first kappa shape index (κ1) is 26.2. The number of hydrogen-bond acceptors (Lipinski definition) is 6. The van der Waals surface area contributed by atoms with Gasteiger partial charge in [0.15, 0.2) is 5.78 Å². The Morgan fingerprint density at radius 3 is 2.22 bits per heavy atom. The Morgan fingerprint density at radius 1 is 1.09 bits per heavy atom. The number of Topliss-reactive ketones (excluding diaryl/α,β-unsaturated/α-hetero) is 1. The van der Waals surface area contributed by atoms with Gasteiger partial charge in [-0.3, -0.25) is 4.79 Å². The Bertz CT molecular complexity index is 812. The number of carbonyl (C=O) groups is 2. The van der Waals surface area contributed by atoms with Gasteiger partial charge in [0.05, 0.1) is 11.2 Å². The molecular weight excluding hydrogens is 409 g/mol. The first-order chi connectivity index (χ1) is 14.6. The quantitative estimate of drug-likeness (QED) is 0.607. The van der Waals surface area contributed by atoms with Crippen LogP contribution in [-0.2, 0) is 25.4 Å². The van der Waals surface area contributed by atoms with E-state index < -0.39 is 30.0 Å². The summed E-state index contributed by atoms with van der Waals surface area (Å²) in [7, 11) is -0.545. The predicted octanol–water partition coefficient (Wildman–Crippen LogP) is 4.00. The summed E-state index contributed by atoms with van der Waals surface area (Å²) < 4.78 is 23.4. The van der Waals surface area contributed by atoms with Crippen molar-refractivity contribution in [1.29, 1.82) is 0 Å². The molecule has 0 aromatic heterocycles. The summed E-state index contributed by atoms with van der Waals surface area (Å²) >= 11 is 0. The lowest BCUT2D eigenvalue weighted by Crippen LogP contribution is -2.41. The van der Waals surface area contributed by atoms with E-state index in [1.54, 1.807) is 26.8 Å². The Labute approximate surface area is 192 Å². The monoisotopic (exact) mass is 447 g/mol. The molecule has 1 N–H and O–H groups in total. The molecule has 1 aliphatic rings. The van der Waals surface area contributed by atoms with Crippen LogP contribution >= 0.6 is 0 Å². The fourth-order valence-corrected chi connectivity index (χ4v) is 3.16. The van der Waals surface area contributed by atoms with Crippen LogP contribution in [0.3, 0.4) is 0 Å². The molecule has 1 fully saturated rings. The van der Waals surface area contributed by atoms with E-state index in [-0.39, 0.29) is 24.9 Å². The van der Waals surface area contributed by atoms with Gasteiger partial charge in [0.1, 0.15) is 18.0 Å². The molecule has 178 valence electrons. The van der Waals surface area contributed by atoms with Crippen LogP contribution in [0.1, 0.15) is 74.3 Å². The third-order valence-electron chi connectivity index (χ3n) is 5.46. The molecule has 7 nitrogen and oxygen atoms in total. The fraction of sp³-hybridized carbons (Fsp3) is 0.667. The predicted molar refractivity (Wildman–Crippen MR) is 125 cm³/mol. The lowest BCUT2D eigenvalue weighted by atomic mass is 9.78. The van der Waals surface area contributed by atoms with E-state index in [4.69, 9.17) is 18.8 Å². The standard InChI is InChI=1S/C24H38BNO6/c1-16(2)12-19(27)15-29-20-11-10-18(25-31-23(6,7)24(8,9)32-25)13-17(20)14-26-21(28)30-22(3,4)5/h10-11,13,16H,12,14-15H2,1-9H3,(H,26,28). The van der Waals surface area contributed by atoms with Crippen molar-refractivity contribution in [3.8, 4) is 5.75 Å². The second kappa shape index (κ2) is 9.83. The van der Waals surface area contributed by atoms with Crippen LogP contribution in [0, 0.1) is 5.92 Å². The van der Waals surface area contributed by atoms with Crippen LogP contribution in [0.15, 0.2) is 18.2 Å². The number of carbonyl (C=O) groups excluding carboxylic acids is 2. The normalized spacial score (nSPS) is 17.4. The Morgan fingerprint density at radius 2 is 1.69 bits per heavy atom. The van der Waals surface area contributed by atoms with Crippen molar-refractivity contribution in [3.63, 3.8) is 0 Å². The van der Waals surface area contributed by atoms with E-state index in [0.717, 1.165) is 5.46 Å². The molecule has 1 saturated heterocycles. The van der Waals surface area contributed by atoms with Crippen LogP contribution in [-0.4, -0.2) is 42.4 Å². The zero-order valence-corrected chi connectivity index (χ0v) is 21.0. The molecular formula is C24H38BNO6. The molecule has 0 saturated carbocycles. The second-order valence-electron chi connectivity index (χ2n) is 10.7. The summed E-state index contributed by atoms with van der Waals surface area (Å²) in [5.41, 5.74) is -0.0151. The molecule has 1 heterocycles. The molecule has 1 aromatic rings. The van der Waals surface area contributed by atoms with E-state index in [1.807, 2.05) is 53.7 Å². The molecule has 0 atom stereocenters. The molecule has 0 radical (unpaired) electrons. The van der Waals surface area contributed by atoms with Crippen molar-refractivity contribution >= 4 is 24.5 Å². The van der Waals surface area contributed by atoms with Crippen LogP contribution in [0.5, 0.6) is 5.75 Å². The van der Waals surface area contributed by atoms with Crippen molar-refractivity contribution in [1.82, 2.24) is 5.32 Å². The van der Waals surface area contributed by atoms with Crippen molar-refractivity contribution in [3.05, 3.63) is 23.8 Å². The Kier molecular flexibility index (Phi) is 8.05. The maximum atomic E-state index is 12.2. The van der Waals surface area contributed by atoms with Crippen LogP contribution < -0.4 is 15.5 Å². The molecule has 0 unspecified atom stereocenters. The van der Waals surface area contributed by atoms with Gasteiger partial charge in [-0.25, -0.2) is 4.79 Å². The van der Waals surface area contributed by atoms with E-state index >= 15 is 0 Å². The maximum absolute atomic E-state index is 12.2. The summed E-state index contributed by atoms with van der Waals surface area (Å²) in [6.45, 7) is 17.5. The molecule has 0 bridgehead atoms. The highest BCUT2D eigenvalue weighted by atomic mass is 16.7. The van der Waals surface area contributed by atoms with E-state index in [9.17, 15) is 9.59 Å². The fourth-order valence-electron chi connectivity index (χ4n) is 3.16. The molecule has 0 aliphatic carbocycles. The third kappa shape index (κ3) is 7.24. The van der Waals surface area contributed by atoms with E-state index in [1.165, 1.54) is 0 Å². The van der Waals surface area contributed by atoms with Gasteiger partial charge in [0.25, 0.3) is 0 Å². The largest absolute Gasteiger partial charge is 0.494 e. The zero-order valence-electron chi connectivity index (χ0n) is 21.0. The Hall–Kier alpha value is -2.06. The molecule has 8 heteroatoms. The number of amides is 1. The summed E-state index contributed by atoms with van der Waals surface area (Å²) in [4.78, 5) is 24.3. The molecule has 32 heavy (non-hydrogen) atoms. The smallest absolute Gasteiger partial charge is 0.485 e. The van der Waals surface area contributed by atoms with Gasteiger partial charge in [-0.15, -0.1) is 0 Å². The van der Waals surface area contributed by atoms with Crippen LogP contribution in [0.2, 0.25) is 0 Å². The number of ether oxygens (including phenoxy) is 2. The third-order valence-corrected chi connectivity index (χ3v) is 5.46. The Balaban J connectivity index is 2.21. The van der Waals surface area contributed by atoms with Crippen LogP contribution in [0.25, 0.3) is 0 Å². The second-order valence-corrected chi connectivity index (χ2v) is 10.7. The highest BCUT2D eigenvalue weighted by Crippen LogP contribution is 2.36. The zero-order chi connectivity index (χ0) is 24.3. The van der Waals surface area contributed by atoms with Gasteiger partial charge in [0.2, 0.25) is 0 Å². The van der Waals surface area contributed by atoms with Crippen molar-refractivity contribution in [2.75, 3.05) is 6.61 Å². The first-order valence-electron chi connectivity index (χ1n) is 11.2. The number of rotatable bonds is 8. The lowest BCUT2D eigenvalue weighted by molar-refractivity contribution is -0.121. The minimum Gasteiger partial charge on any atom is -0.485 e. The van der Waals surface area contributed by atoms with Crippen molar-refractivity contribution in [2.24, 2.45) is 5.92 Å². The number of hydrogen-bond donors (Lipinski definition) is 1. The molecule has 0 spiro atoms. The van der Waals surface area contributed by atoms with E-state index in [2.05, 4.69) is 5.32 Å². The topological polar surface area (TPSA) is 83.1 Å². The first-order valence-corrected chi connectivity index (χ1v) is 11.2. The van der Waals surface area contributed by atoms with Gasteiger partial charge < -0.3 is 24.1 Å². The van der Waals surface area contributed by atoms with Crippen molar-refractivity contribution < 1.29 is 28.4 Å². The number of nitrogens with one attached hydrogen (secondary N) is 1. The van der Waals surface area contributed by atoms with Gasteiger partial charge in [-0.2, -0.15) is 0 Å². The number of benzene rings is 1. The average Bonchev–Trinajstić information content (AvgIpc) is 2.84. The summed E-state index contributed by atoms with van der Waals surface area (Å²) in [6.07, 6.45) is -0.0716. The highest BCUT2D eigenvalue weighted by Gasteiger charge is 2.51. The minimum absolute atomic E-state index is 0.0204. The summed E-state index contributed by atoms with van der Waals surface area (Å²) in [5, 5.41) is 2.76. The average molecular weight is 447 g/mol. The lowest BCUT2D eigenvalue weighted by Gasteiger charge is -2.32. The van der Waals surface area contributed by atoms with Gasteiger partial charge >= 0.3 is 13.2 Å². The molecule has 2 rings (SSSR count). The number of ketones is 1. The van der Waals surface area contributed by atoms with E-state index in [0.29, 0.717) is 17.7 Å². The minimum atomic E-state index is -0.600. The highest BCUT2D eigenvalue weighted by molar-refractivity contribution is 6.62. The number of alkyl carbamates (subject to hydrolysis) is 1. The summed E-state index contributed by atoms with van der Waals surface area (Å²) in [5.74, 6) is 0.824. The maximum Gasteiger partial charge on any atom is 0.494 e. The molecule has 1 aromatic carbocycles. The SMILES string of the molecule is CC(C)CC(=O)COc1ccc(B2OC(C)(C)C(C)(C)O2)cc1CNC(=O)OC(C)(C)C.